The molecular weight excluding hydrogens is 450 g/mol. The fourth-order valence-electron chi connectivity index (χ4n) is 3.47. The summed E-state index contributed by atoms with van der Waals surface area (Å²) in [6, 6.07) is 22.6. The number of hydrogen-bond donors (Lipinski definition) is 2. The molecule has 1 atom stereocenters. The normalized spacial score (nSPS) is 12.4. The van der Waals surface area contributed by atoms with Crippen molar-refractivity contribution in [2.75, 3.05) is 20.6 Å². The van der Waals surface area contributed by atoms with E-state index < -0.39 is 10.0 Å². The Bertz CT molecular complexity index is 1220. The molecule has 0 aliphatic rings. The van der Waals surface area contributed by atoms with E-state index in [1.165, 1.54) is 31.2 Å². The summed E-state index contributed by atoms with van der Waals surface area (Å²) in [7, 11) is 0.214. The Morgan fingerprint density at radius 2 is 1.44 bits per heavy atom. The van der Waals surface area contributed by atoms with Crippen molar-refractivity contribution in [2.24, 2.45) is 0 Å². The van der Waals surface area contributed by atoms with Gasteiger partial charge in [-0.3, -0.25) is 9.59 Å². The summed E-state index contributed by atoms with van der Waals surface area (Å²) < 4.78 is 27.6. The highest BCUT2D eigenvalue weighted by Crippen LogP contribution is 2.17. The van der Waals surface area contributed by atoms with Crippen LogP contribution >= 0.6 is 0 Å². The highest BCUT2D eigenvalue weighted by Gasteiger charge is 2.17. The summed E-state index contributed by atoms with van der Waals surface area (Å²) in [4.78, 5) is 26.1. The van der Waals surface area contributed by atoms with Gasteiger partial charge in [-0.25, -0.2) is 13.1 Å². The van der Waals surface area contributed by atoms with Crippen molar-refractivity contribution in [2.45, 2.75) is 24.4 Å². The van der Waals surface area contributed by atoms with Crippen LogP contribution in [0.25, 0.3) is 0 Å². The summed E-state index contributed by atoms with van der Waals surface area (Å²) in [6.07, 6.45) is 0. The quantitative estimate of drug-likeness (QED) is 0.435. The molecule has 0 aliphatic carbocycles. The standard InChI is InChI=1S/C26H29N3O4S/c1-19(30)21-13-15-24(16-14-21)34(32,33)28-17-20-9-11-23(12-10-20)26(31)27-18-25(29(2)3)22-7-5-4-6-8-22/h4-16,25,28H,17-18H2,1-3H3,(H,27,31)/t25-/m1/s1. The van der Waals surface area contributed by atoms with Crippen LogP contribution in [0.4, 0.5) is 0 Å². The molecule has 0 radical (unpaired) electrons. The fraction of sp³-hybridized carbons (Fsp3) is 0.231. The van der Waals surface area contributed by atoms with Gasteiger partial charge in [0.15, 0.2) is 5.78 Å². The summed E-state index contributed by atoms with van der Waals surface area (Å²) in [5.41, 5.74) is 2.78. The van der Waals surface area contributed by atoms with Crippen LogP contribution in [-0.4, -0.2) is 45.6 Å². The molecule has 0 fully saturated rings. The molecule has 3 rings (SSSR count). The lowest BCUT2D eigenvalue weighted by Crippen LogP contribution is -2.34. The molecule has 2 N–H and O–H groups in total. The highest BCUT2D eigenvalue weighted by molar-refractivity contribution is 7.89. The average molecular weight is 480 g/mol. The molecule has 1 amide bonds. The van der Waals surface area contributed by atoms with E-state index in [9.17, 15) is 18.0 Å². The topological polar surface area (TPSA) is 95.6 Å². The number of rotatable bonds is 10. The van der Waals surface area contributed by atoms with Crippen molar-refractivity contribution < 1.29 is 18.0 Å². The Kier molecular flexibility index (Phi) is 8.33. The number of Topliss-reactive ketones (excluding diaryl/α,β-unsaturated/α-hetero) is 1. The van der Waals surface area contributed by atoms with Gasteiger partial charge in [-0.2, -0.15) is 0 Å². The van der Waals surface area contributed by atoms with Crippen molar-refractivity contribution >= 4 is 21.7 Å². The first-order chi connectivity index (χ1) is 16.2. The van der Waals surface area contributed by atoms with Gasteiger partial charge in [-0.15, -0.1) is 0 Å². The van der Waals surface area contributed by atoms with E-state index >= 15 is 0 Å². The minimum Gasteiger partial charge on any atom is -0.350 e. The lowest BCUT2D eigenvalue weighted by Gasteiger charge is -2.25. The molecule has 0 saturated carbocycles. The van der Waals surface area contributed by atoms with Gasteiger partial charge in [-0.1, -0.05) is 54.6 Å². The van der Waals surface area contributed by atoms with Gasteiger partial charge in [0, 0.05) is 24.2 Å². The molecule has 3 aromatic rings. The molecule has 7 nitrogen and oxygen atoms in total. The van der Waals surface area contributed by atoms with Crippen LogP contribution in [0.1, 0.15) is 44.8 Å². The minimum absolute atomic E-state index is 0.0448. The Balaban J connectivity index is 1.57. The SMILES string of the molecule is CC(=O)c1ccc(S(=O)(=O)NCc2ccc(C(=O)NC[C@H](c3ccccc3)N(C)C)cc2)cc1. The minimum atomic E-state index is -3.73. The molecule has 3 aromatic carbocycles. The van der Waals surface area contributed by atoms with Crippen LogP contribution in [0.3, 0.4) is 0 Å². The van der Waals surface area contributed by atoms with Gasteiger partial charge in [0.25, 0.3) is 5.91 Å². The molecule has 0 saturated heterocycles. The molecule has 0 aromatic heterocycles. The third kappa shape index (κ3) is 6.60. The lowest BCUT2D eigenvalue weighted by molar-refractivity contribution is 0.0941. The number of hydrogen-bond acceptors (Lipinski definition) is 5. The van der Waals surface area contributed by atoms with E-state index in [1.807, 2.05) is 44.4 Å². The first-order valence-corrected chi connectivity index (χ1v) is 12.3. The first kappa shape index (κ1) is 25.3. The second-order valence-corrected chi connectivity index (χ2v) is 9.97. The van der Waals surface area contributed by atoms with Crippen LogP contribution in [0, 0.1) is 0 Å². The van der Waals surface area contributed by atoms with Gasteiger partial charge < -0.3 is 10.2 Å². The van der Waals surface area contributed by atoms with E-state index in [0.29, 0.717) is 17.7 Å². The predicted molar refractivity (Wildman–Crippen MR) is 132 cm³/mol. The Labute approximate surface area is 200 Å². The van der Waals surface area contributed by atoms with Crippen LogP contribution in [0.15, 0.2) is 83.8 Å². The van der Waals surface area contributed by atoms with Crippen molar-refractivity contribution in [3.8, 4) is 0 Å². The third-order valence-corrected chi connectivity index (χ3v) is 6.93. The number of benzene rings is 3. The largest absolute Gasteiger partial charge is 0.350 e. The number of amides is 1. The van der Waals surface area contributed by atoms with Crippen molar-refractivity contribution in [3.05, 3.63) is 101 Å². The van der Waals surface area contributed by atoms with Crippen molar-refractivity contribution in [1.82, 2.24) is 14.9 Å². The van der Waals surface area contributed by atoms with Gasteiger partial charge in [-0.05, 0) is 56.4 Å². The van der Waals surface area contributed by atoms with Crippen LogP contribution in [-0.2, 0) is 16.6 Å². The molecular formula is C26H29N3O4S. The van der Waals surface area contributed by atoms with Crippen LogP contribution in [0.5, 0.6) is 0 Å². The second kappa shape index (κ2) is 11.2. The maximum absolute atomic E-state index is 12.6. The van der Waals surface area contributed by atoms with Gasteiger partial charge in [0.1, 0.15) is 0 Å². The van der Waals surface area contributed by atoms with E-state index in [-0.39, 0.29) is 29.2 Å². The molecule has 34 heavy (non-hydrogen) atoms. The molecule has 0 spiro atoms. The zero-order valence-corrected chi connectivity index (χ0v) is 20.3. The van der Waals surface area contributed by atoms with E-state index in [4.69, 9.17) is 0 Å². The smallest absolute Gasteiger partial charge is 0.251 e. The van der Waals surface area contributed by atoms with E-state index in [0.717, 1.165) is 11.1 Å². The number of sulfonamides is 1. The zero-order valence-electron chi connectivity index (χ0n) is 19.5. The van der Waals surface area contributed by atoms with Gasteiger partial charge in [0.2, 0.25) is 10.0 Å². The van der Waals surface area contributed by atoms with Crippen LogP contribution in [0.2, 0.25) is 0 Å². The number of carbonyl (C=O) groups excluding carboxylic acids is 2. The van der Waals surface area contributed by atoms with Crippen molar-refractivity contribution in [3.63, 3.8) is 0 Å². The average Bonchev–Trinajstić information content (AvgIpc) is 2.83. The Morgan fingerprint density at radius 1 is 0.853 bits per heavy atom. The van der Waals surface area contributed by atoms with E-state index in [1.54, 1.807) is 24.3 Å². The molecule has 0 heterocycles. The third-order valence-electron chi connectivity index (χ3n) is 5.52. The molecule has 8 heteroatoms. The first-order valence-electron chi connectivity index (χ1n) is 10.9. The fourth-order valence-corrected chi connectivity index (χ4v) is 4.49. The Morgan fingerprint density at radius 3 is 2.00 bits per heavy atom. The molecule has 0 unspecified atom stereocenters. The summed E-state index contributed by atoms with van der Waals surface area (Å²) in [5, 5.41) is 2.97. The van der Waals surface area contributed by atoms with Gasteiger partial charge >= 0.3 is 0 Å². The van der Waals surface area contributed by atoms with Gasteiger partial charge in [0.05, 0.1) is 10.9 Å². The summed E-state index contributed by atoms with van der Waals surface area (Å²) in [6.45, 7) is 1.96. The number of nitrogens with zero attached hydrogens (tertiary/aromatic N) is 1. The lowest BCUT2D eigenvalue weighted by atomic mass is 10.1. The summed E-state index contributed by atoms with van der Waals surface area (Å²) in [5.74, 6) is -0.321. The number of carbonyl (C=O) groups is 2. The second-order valence-electron chi connectivity index (χ2n) is 8.20. The van der Waals surface area contributed by atoms with E-state index in [2.05, 4.69) is 14.9 Å². The molecule has 178 valence electrons. The maximum atomic E-state index is 12.6. The van der Waals surface area contributed by atoms with Crippen LogP contribution < -0.4 is 10.0 Å². The number of likely N-dealkylation sites (N-methyl/N-ethyl adjacent to an activating group) is 1. The Hall–Kier alpha value is -3.33. The molecule has 0 bridgehead atoms. The highest BCUT2D eigenvalue weighted by atomic mass is 32.2. The summed E-state index contributed by atoms with van der Waals surface area (Å²) >= 11 is 0. The molecule has 0 aliphatic heterocycles. The van der Waals surface area contributed by atoms with Crippen molar-refractivity contribution in [1.29, 1.82) is 0 Å². The zero-order chi connectivity index (χ0) is 24.7. The maximum Gasteiger partial charge on any atom is 0.251 e. The number of ketones is 1. The predicted octanol–water partition coefficient (Wildman–Crippen LogP) is 3.40. The monoisotopic (exact) mass is 479 g/mol. The number of nitrogens with one attached hydrogen (secondary N) is 2.